The van der Waals surface area contributed by atoms with E-state index in [4.69, 9.17) is 0 Å². The van der Waals surface area contributed by atoms with Crippen molar-refractivity contribution >= 4 is 11.0 Å². The average molecular weight is 295 g/mol. The summed E-state index contributed by atoms with van der Waals surface area (Å²) in [5, 5.41) is 3.53. The van der Waals surface area contributed by atoms with Crippen LogP contribution in [0.25, 0.3) is 11.0 Å². The van der Waals surface area contributed by atoms with Crippen LogP contribution in [0.5, 0.6) is 0 Å². The number of nitrogens with one attached hydrogen (secondary N) is 1. The number of hydrogen-bond donors (Lipinski definition) is 1. The number of benzene rings is 2. The standard InChI is InChI=1S/C18H21N3O/c1-13(15-7-5-4-6-8-15)19-12-14-9-10-16-17(11-14)21(3)18(22)20(16)2/h4-11,13,19H,12H2,1-3H3/t13-/m0/s1. The first-order chi connectivity index (χ1) is 10.6. The molecule has 0 unspecified atom stereocenters. The van der Waals surface area contributed by atoms with Gasteiger partial charge in [-0.1, -0.05) is 36.4 Å². The molecule has 0 aliphatic heterocycles. The minimum atomic E-state index is 0.0118. The van der Waals surface area contributed by atoms with Gasteiger partial charge in [-0.2, -0.15) is 0 Å². The van der Waals surface area contributed by atoms with E-state index in [-0.39, 0.29) is 11.7 Å². The van der Waals surface area contributed by atoms with Gasteiger partial charge in [0, 0.05) is 26.7 Å². The Bertz CT molecular complexity index is 846. The Hall–Kier alpha value is -2.33. The number of aromatic nitrogens is 2. The molecule has 0 saturated carbocycles. The number of rotatable bonds is 4. The molecule has 1 heterocycles. The molecule has 2 aromatic carbocycles. The molecule has 1 aromatic heterocycles. The Labute approximate surface area is 130 Å². The first kappa shape index (κ1) is 14.6. The highest BCUT2D eigenvalue weighted by Gasteiger charge is 2.09. The number of imidazole rings is 1. The zero-order chi connectivity index (χ0) is 15.7. The number of fused-ring (bicyclic) bond motifs is 1. The predicted molar refractivity (Wildman–Crippen MR) is 89.9 cm³/mol. The van der Waals surface area contributed by atoms with Crippen molar-refractivity contribution in [1.29, 1.82) is 0 Å². The first-order valence-corrected chi connectivity index (χ1v) is 7.50. The molecular weight excluding hydrogens is 274 g/mol. The maximum absolute atomic E-state index is 12.0. The van der Waals surface area contributed by atoms with E-state index < -0.39 is 0 Å². The van der Waals surface area contributed by atoms with Crippen LogP contribution in [-0.4, -0.2) is 9.13 Å². The second-order valence-corrected chi connectivity index (χ2v) is 5.74. The van der Waals surface area contributed by atoms with Gasteiger partial charge in [0.05, 0.1) is 11.0 Å². The Morgan fingerprint density at radius 1 is 1.00 bits per heavy atom. The zero-order valence-electron chi connectivity index (χ0n) is 13.2. The van der Waals surface area contributed by atoms with Crippen molar-refractivity contribution < 1.29 is 0 Å². The van der Waals surface area contributed by atoms with E-state index in [2.05, 4.69) is 48.6 Å². The second kappa shape index (κ2) is 5.81. The second-order valence-electron chi connectivity index (χ2n) is 5.74. The average Bonchev–Trinajstić information content (AvgIpc) is 2.78. The van der Waals surface area contributed by atoms with Crippen molar-refractivity contribution in [3.63, 3.8) is 0 Å². The number of hydrogen-bond acceptors (Lipinski definition) is 2. The van der Waals surface area contributed by atoms with Crippen LogP contribution in [0.1, 0.15) is 24.1 Å². The zero-order valence-corrected chi connectivity index (χ0v) is 13.2. The van der Waals surface area contributed by atoms with Crippen molar-refractivity contribution in [2.24, 2.45) is 14.1 Å². The molecule has 1 atom stereocenters. The van der Waals surface area contributed by atoms with Crippen LogP contribution in [0.3, 0.4) is 0 Å². The van der Waals surface area contributed by atoms with Gasteiger partial charge in [-0.15, -0.1) is 0 Å². The van der Waals surface area contributed by atoms with Crippen LogP contribution in [-0.2, 0) is 20.6 Å². The largest absolute Gasteiger partial charge is 0.328 e. The minimum absolute atomic E-state index is 0.0118. The predicted octanol–water partition coefficient (Wildman–Crippen LogP) is 2.73. The summed E-state index contributed by atoms with van der Waals surface area (Å²) in [6.45, 7) is 2.93. The summed E-state index contributed by atoms with van der Waals surface area (Å²) in [6.07, 6.45) is 0. The summed E-state index contributed by atoms with van der Waals surface area (Å²) in [5.74, 6) is 0. The van der Waals surface area contributed by atoms with Crippen molar-refractivity contribution in [3.05, 3.63) is 70.1 Å². The molecule has 114 valence electrons. The van der Waals surface area contributed by atoms with E-state index in [1.54, 1.807) is 16.2 Å². The van der Waals surface area contributed by atoms with Crippen LogP contribution in [0.15, 0.2) is 53.3 Å². The highest BCUT2D eigenvalue weighted by molar-refractivity contribution is 5.76. The first-order valence-electron chi connectivity index (χ1n) is 7.50. The third kappa shape index (κ3) is 2.57. The molecule has 4 nitrogen and oxygen atoms in total. The van der Waals surface area contributed by atoms with Gasteiger partial charge in [0.25, 0.3) is 0 Å². The smallest absolute Gasteiger partial charge is 0.306 e. The number of aryl methyl sites for hydroxylation is 2. The molecule has 0 bridgehead atoms. The molecule has 3 aromatic rings. The summed E-state index contributed by atoms with van der Waals surface area (Å²) in [7, 11) is 3.62. The number of nitrogens with zero attached hydrogens (tertiary/aromatic N) is 2. The molecule has 0 amide bonds. The SMILES string of the molecule is C[C@H](NCc1ccc2c(c1)n(C)c(=O)n2C)c1ccccc1. The maximum Gasteiger partial charge on any atom is 0.328 e. The molecule has 22 heavy (non-hydrogen) atoms. The van der Waals surface area contributed by atoms with Crippen molar-refractivity contribution in [3.8, 4) is 0 Å². The quantitative estimate of drug-likeness (QED) is 0.804. The maximum atomic E-state index is 12.0. The van der Waals surface area contributed by atoms with Crippen molar-refractivity contribution in [1.82, 2.24) is 14.5 Å². The molecule has 0 fully saturated rings. The van der Waals surface area contributed by atoms with Gasteiger partial charge in [-0.3, -0.25) is 9.13 Å². The molecule has 0 radical (unpaired) electrons. The van der Waals surface area contributed by atoms with E-state index in [1.807, 2.05) is 19.2 Å². The van der Waals surface area contributed by atoms with Gasteiger partial charge in [0.2, 0.25) is 0 Å². The van der Waals surface area contributed by atoms with Crippen LogP contribution in [0.2, 0.25) is 0 Å². The summed E-state index contributed by atoms with van der Waals surface area (Å²) >= 11 is 0. The summed E-state index contributed by atoms with van der Waals surface area (Å²) in [6, 6.07) is 16.9. The monoisotopic (exact) mass is 295 g/mol. The third-order valence-electron chi connectivity index (χ3n) is 4.25. The molecular formula is C18H21N3O. The van der Waals surface area contributed by atoms with Crippen LogP contribution < -0.4 is 11.0 Å². The highest BCUT2D eigenvalue weighted by atomic mass is 16.1. The Balaban J connectivity index is 1.80. The van der Waals surface area contributed by atoms with E-state index in [9.17, 15) is 4.79 Å². The van der Waals surface area contributed by atoms with E-state index in [0.29, 0.717) is 0 Å². The van der Waals surface area contributed by atoms with Gasteiger partial charge in [-0.05, 0) is 30.2 Å². The Morgan fingerprint density at radius 3 is 2.41 bits per heavy atom. The summed E-state index contributed by atoms with van der Waals surface area (Å²) in [4.78, 5) is 12.0. The van der Waals surface area contributed by atoms with E-state index >= 15 is 0 Å². The van der Waals surface area contributed by atoms with Crippen LogP contribution in [0, 0.1) is 0 Å². The lowest BCUT2D eigenvalue weighted by Gasteiger charge is -2.14. The lowest BCUT2D eigenvalue weighted by atomic mass is 10.1. The van der Waals surface area contributed by atoms with Gasteiger partial charge in [0.15, 0.2) is 0 Å². The topological polar surface area (TPSA) is 39.0 Å². The molecule has 3 rings (SSSR count). The summed E-state index contributed by atoms with van der Waals surface area (Å²) in [5.41, 5.74) is 4.40. The Morgan fingerprint density at radius 2 is 1.68 bits per heavy atom. The molecule has 0 spiro atoms. The van der Waals surface area contributed by atoms with Crippen LogP contribution >= 0.6 is 0 Å². The lowest BCUT2D eigenvalue weighted by Crippen LogP contribution is -2.19. The molecule has 0 saturated heterocycles. The fourth-order valence-electron chi connectivity index (χ4n) is 2.79. The van der Waals surface area contributed by atoms with Gasteiger partial charge >= 0.3 is 5.69 Å². The highest BCUT2D eigenvalue weighted by Crippen LogP contribution is 2.16. The van der Waals surface area contributed by atoms with Crippen molar-refractivity contribution in [2.45, 2.75) is 19.5 Å². The molecule has 0 aliphatic rings. The fourth-order valence-corrected chi connectivity index (χ4v) is 2.79. The van der Waals surface area contributed by atoms with Gasteiger partial charge in [0.1, 0.15) is 0 Å². The fraction of sp³-hybridized carbons (Fsp3) is 0.278. The van der Waals surface area contributed by atoms with E-state index in [1.165, 1.54) is 11.1 Å². The molecule has 4 heteroatoms. The van der Waals surface area contributed by atoms with Gasteiger partial charge in [-0.25, -0.2) is 4.79 Å². The van der Waals surface area contributed by atoms with Crippen LogP contribution in [0.4, 0.5) is 0 Å². The Kier molecular flexibility index (Phi) is 3.86. The molecule has 1 N–H and O–H groups in total. The lowest BCUT2D eigenvalue weighted by molar-refractivity contribution is 0.575. The molecule has 0 aliphatic carbocycles. The normalized spacial score (nSPS) is 12.7. The third-order valence-corrected chi connectivity index (χ3v) is 4.25. The van der Waals surface area contributed by atoms with E-state index in [0.717, 1.165) is 17.6 Å². The minimum Gasteiger partial charge on any atom is -0.306 e. The van der Waals surface area contributed by atoms with Crippen molar-refractivity contribution in [2.75, 3.05) is 0 Å². The van der Waals surface area contributed by atoms with Gasteiger partial charge < -0.3 is 5.32 Å². The summed E-state index contributed by atoms with van der Waals surface area (Å²) < 4.78 is 3.37.